The standard InChI is InChI=1S/C16H14F4N4O5S/c1-2-7-4-3-5-8(14(25)26)11(7)30(28,29)24-16(27)23-15-21-9(12(17)18)6-10(22-15)13(19)20/h3-6,12-13H,2H2,1H3,(H,25,26)(H2,21,22,23,24,27). The number of anilines is 1. The lowest BCUT2D eigenvalue weighted by Crippen LogP contribution is -2.36. The number of carbonyl (C=O) groups is 2. The van der Waals surface area contributed by atoms with Crippen molar-refractivity contribution >= 4 is 28.0 Å². The molecule has 2 amide bonds. The van der Waals surface area contributed by atoms with Crippen molar-refractivity contribution in [3.8, 4) is 0 Å². The number of carbonyl (C=O) groups excluding carboxylic acids is 1. The van der Waals surface area contributed by atoms with Crippen LogP contribution in [0, 0.1) is 0 Å². The molecule has 162 valence electrons. The highest BCUT2D eigenvalue weighted by molar-refractivity contribution is 7.90. The van der Waals surface area contributed by atoms with Crippen LogP contribution in [0.15, 0.2) is 29.2 Å². The summed E-state index contributed by atoms with van der Waals surface area (Å²) in [6.07, 6.45) is -6.41. The van der Waals surface area contributed by atoms with Crippen LogP contribution in [0.5, 0.6) is 0 Å². The molecule has 14 heteroatoms. The Morgan fingerprint density at radius 2 is 1.67 bits per heavy atom. The third-order valence-corrected chi connectivity index (χ3v) is 5.12. The SMILES string of the molecule is CCc1cccc(C(=O)O)c1S(=O)(=O)NC(=O)Nc1nc(C(F)F)cc(C(F)F)n1. The van der Waals surface area contributed by atoms with Crippen LogP contribution >= 0.6 is 0 Å². The largest absolute Gasteiger partial charge is 0.478 e. The molecule has 1 heterocycles. The van der Waals surface area contributed by atoms with Crippen LogP contribution in [0.4, 0.5) is 28.3 Å². The van der Waals surface area contributed by atoms with E-state index >= 15 is 0 Å². The quantitative estimate of drug-likeness (QED) is 0.551. The second kappa shape index (κ2) is 9.02. The molecule has 3 N–H and O–H groups in total. The lowest BCUT2D eigenvalue weighted by molar-refractivity contribution is 0.0692. The van der Waals surface area contributed by atoms with E-state index in [-0.39, 0.29) is 12.0 Å². The molecule has 1 aromatic carbocycles. The minimum absolute atomic E-state index is 0.0890. The van der Waals surface area contributed by atoms with Crippen molar-refractivity contribution in [1.82, 2.24) is 14.7 Å². The highest BCUT2D eigenvalue weighted by atomic mass is 32.2. The van der Waals surface area contributed by atoms with Gasteiger partial charge in [0.15, 0.2) is 0 Å². The van der Waals surface area contributed by atoms with Crippen molar-refractivity contribution in [3.63, 3.8) is 0 Å². The van der Waals surface area contributed by atoms with Gasteiger partial charge in [-0.2, -0.15) is 0 Å². The summed E-state index contributed by atoms with van der Waals surface area (Å²) in [5, 5.41) is 10.9. The molecule has 0 bridgehead atoms. The molecule has 0 aliphatic carbocycles. The zero-order valence-electron chi connectivity index (χ0n) is 15.1. The second-order valence-corrected chi connectivity index (χ2v) is 7.27. The number of aryl methyl sites for hydroxylation is 1. The first-order chi connectivity index (χ1) is 14.0. The maximum Gasteiger partial charge on any atom is 0.337 e. The van der Waals surface area contributed by atoms with E-state index in [1.165, 1.54) is 16.9 Å². The van der Waals surface area contributed by atoms with Crippen molar-refractivity contribution in [2.24, 2.45) is 0 Å². The molecule has 0 radical (unpaired) electrons. The first kappa shape index (κ1) is 23.0. The van der Waals surface area contributed by atoms with Crippen LogP contribution in [0.25, 0.3) is 0 Å². The summed E-state index contributed by atoms with van der Waals surface area (Å²) >= 11 is 0. The average Bonchev–Trinajstić information content (AvgIpc) is 2.66. The maximum absolute atomic E-state index is 12.8. The zero-order chi connectivity index (χ0) is 22.6. The van der Waals surface area contributed by atoms with Crippen LogP contribution < -0.4 is 10.0 Å². The highest BCUT2D eigenvalue weighted by Crippen LogP contribution is 2.24. The molecule has 0 spiro atoms. The number of sulfonamides is 1. The number of halogens is 4. The summed E-state index contributed by atoms with van der Waals surface area (Å²) < 4.78 is 77.9. The fraction of sp³-hybridized carbons (Fsp3) is 0.250. The van der Waals surface area contributed by atoms with E-state index in [2.05, 4.69) is 9.97 Å². The number of urea groups is 1. The molecule has 0 aliphatic heterocycles. The van der Waals surface area contributed by atoms with Gasteiger partial charge in [-0.1, -0.05) is 19.1 Å². The molecule has 2 aromatic rings. The van der Waals surface area contributed by atoms with E-state index in [0.717, 1.165) is 6.07 Å². The Labute approximate surface area is 167 Å². The topological polar surface area (TPSA) is 138 Å². The summed E-state index contributed by atoms with van der Waals surface area (Å²) in [7, 11) is -4.75. The number of hydrogen-bond donors (Lipinski definition) is 3. The zero-order valence-corrected chi connectivity index (χ0v) is 15.9. The number of amides is 2. The molecule has 0 saturated heterocycles. The van der Waals surface area contributed by atoms with Gasteiger partial charge in [-0.25, -0.2) is 50.3 Å². The molecule has 30 heavy (non-hydrogen) atoms. The Morgan fingerprint density at radius 1 is 1.10 bits per heavy atom. The van der Waals surface area contributed by atoms with Gasteiger partial charge < -0.3 is 5.11 Å². The van der Waals surface area contributed by atoms with Crippen molar-refractivity contribution in [2.75, 3.05) is 5.32 Å². The number of alkyl halides is 4. The fourth-order valence-electron chi connectivity index (χ4n) is 2.41. The van der Waals surface area contributed by atoms with Crippen molar-refractivity contribution < 1.29 is 40.7 Å². The summed E-state index contributed by atoms with van der Waals surface area (Å²) in [5.41, 5.74) is -2.73. The Hall–Kier alpha value is -3.29. The lowest BCUT2D eigenvalue weighted by atomic mass is 10.1. The van der Waals surface area contributed by atoms with E-state index in [9.17, 15) is 40.7 Å². The van der Waals surface area contributed by atoms with Crippen molar-refractivity contribution in [2.45, 2.75) is 31.1 Å². The van der Waals surface area contributed by atoms with Crippen LogP contribution in [-0.4, -0.2) is 35.5 Å². The highest BCUT2D eigenvalue weighted by Gasteiger charge is 2.28. The predicted molar refractivity (Wildman–Crippen MR) is 94.1 cm³/mol. The Morgan fingerprint density at radius 3 is 2.13 bits per heavy atom. The van der Waals surface area contributed by atoms with E-state index in [0.29, 0.717) is 6.07 Å². The molecule has 0 saturated carbocycles. The molecule has 0 unspecified atom stereocenters. The first-order valence-electron chi connectivity index (χ1n) is 8.10. The summed E-state index contributed by atoms with van der Waals surface area (Å²) in [5.74, 6) is -2.56. The minimum Gasteiger partial charge on any atom is -0.478 e. The minimum atomic E-state index is -4.75. The molecule has 9 nitrogen and oxygen atoms in total. The van der Waals surface area contributed by atoms with E-state index in [4.69, 9.17) is 0 Å². The third kappa shape index (κ3) is 5.20. The number of hydrogen-bond acceptors (Lipinski definition) is 6. The van der Waals surface area contributed by atoms with Gasteiger partial charge in [0, 0.05) is 0 Å². The number of carboxylic acid groups (broad SMARTS) is 1. The first-order valence-corrected chi connectivity index (χ1v) is 9.58. The van der Waals surface area contributed by atoms with E-state index < -0.39 is 62.7 Å². The van der Waals surface area contributed by atoms with Gasteiger partial charge in [0.1, 0.15) is 16.3 Å². The Balaban J connectivity index is 2.36. The summed E-state index contributed by atoms with van der Waals surface area (Å²) in [4.78, 5) is 29.1. The van der Waals surface area contributed by atoms with Crippen LogP contribution in [0.1, 0.15) is 47.1 Å². The van der Waals surface area contributed by atoms with Gasteiger partial charge in [0.05, 0.1) is 5.56 Å². The smallest absolute Gasteiger partial charge is 0.337 e. The monoisotopic (exact) mass is 450 g/mol. The third-order valence-electron chi connectivity index (χ3n) is 3.64. The number of aromatic nitrogens is 2. The molecule has 2 rings (SSSR count). The summed E-state index contributed by atoms with van der Waals surface area (Å²) in [6, 6.07) is 2.44. The van der Waals surface area contributed by atoms with Gasteiger partial charge in [-0.05, 0) is 24.1 Å². The molecule has 0 atom stereocenters. The molecule has 0 fully saturated rings. The summed E-state index contributed by atoms with van der Waals surface area (Å²) in [6.45, 7) is 1.55. The van der Waals surface area contributed by atoms with E-state index in [1.807, 2.05) is 0 Å². The maximum atomic E-state index is 12.8. The average molecular weight is 450 g/mol. The number of nitrogens with one attached hydrogen (secondary N) is 2. The van der Waals surface area contributed by atoms with Crippen molar-refractivity contribution in [3.05, 3.63) is 46.8 Å². The van der Waals surface area contributed by atoms with Crippen LogP contribution in [0.2, 0.25) is 0 Å². The molecule has 1 aromatic heterocycles. The number of nitrogens with zero attached hydrogens (tertiary/aromatic N) is 2. The Kier molecular flexibility index (Phi) is 6.92. The fourth-order valence-corrected chi connectivity index (χ4v) is 3.81. The molecular formula is C16H14F4N4O5S. The van der Waals surface area contributed by atoms with Gasteiger partial charge in [-0.15, -0.1) is 0 Å². The van der Waals surface area contributed by atoms with Crippen molar-refractivity contribution in [1.29, 1.82) is 0 Å². The number of carboxylic acids is 1. The molecular weight excluding hydrogens is 436 g/mol. The molecule has 0 aliphatic rings. The van der Waals surface area contributed by atoms with Crippen LogP contribution in [-0.2, 0) is 16.4 Å². The number of aromatic carboxylic acids is 1. The number of benzene rings is 1. The predicted octanol–water partition coefficient (Wildman–Crippen LogP) is 3.12. The van der Waals surface area contributed by atoms with Crippen LogP contribution in [0.3, 0.4) is 0 Å². The van der Waals surface area contributed by atoms with Gasteiger partial charge in [0.25, 0.3) is 22.9 Å². The van der Waals surface area contributed by atoms with E-state index in [1.54, 1.807) is 12.2 Å². The van der Waals surface area contributed by atoms with Gasteiger partial charge >= 0.3 is 12.0 Å². The second-order valence-electron chi connectivity index (χ2n) is 5.65. The normalized spacial score (nSPS) is 11.6. The number of rotatable bonds is 7. The Bertz CT molecular complexity index is 1050. The lowest BCUT2D eigenvalue weighted by Gasteiger charge is -2.14. The van der Waals surface area contributed by atoms with Gasteiger partial charge in [0.2, 0.25) is 5.95 Å². The van der Waals surface area contributed by atoms with Gasteiger partial charge in [-0.3, -0.25) is 5.32 Å².